The van der Waals surface area contributed by atoms with Crippen LogP contribution in [0.15, 0.2) is 36.4 Å². The summed E-state index contributed by atoms with van der Waals surface area (Å²) >= 11 is 0. The van der Waals surface area contributed by atoms with Gasteiger partial charge in [0.25, 0.3) is 0 Å². The van der Waals surface area contributed by atoms with Crippen molar-refractivity contribution in [2.75, 3.05) is 0 Å². The third-order valence-corrected chi connectivity index (χ3v) is 3.87. The number of halogens is 1. The maximum absolute atomic E-state index is 13.4. The minimum atomic E-state index is -0.577. The number of nitrogens with two attached hydrogens (primary N) is 1. The molecule has 0 aliphatic rings. The first-order chi connectivity index (χ1) is 9.29. The lowest BCUT2D eigenvalue weighted by molar-refractivity contribution is 0.484. The van der Waals surface area contributed by atoms with E-state index in [1.54, 1.807) is 6.07 Å². The first kappa shape index (κ1) is 14.7. The molecule has 1 nitrogen and oxygen atoms in total. The van der Waals surface area contributed by atoms with E-state index in [1.807, 2.05) is 13.0 Å². The summed E-state index contributed by atoms with van der Waals surface area (Å²) in [4.78, 5) is 0. The van der Waals surface area contributed by atoms with Crippen molar-refractivity contribution in [2.45, 2.75) is 39.7 Å². The second kappa shape index (κ2) is 5.37. The molecule has 0 heterocycles. The summed E-state index contributed by atoms with van der Waals surface area (Å²) in [5.74, 6) is -0.239. The number of rotatable bonds is 3. The fourth-order valence-corrected chi connectivity index (χ4v) is 2.80. The van der Waals surface area contributed by atoms with Gasteiger partial charge in [0.1, 0.15) is 5.82 Å². The average Bonchev–Trinajstić information content (AvgIpc) is 2.34. The summed E-state index contributed by atoms with van der Waals surface area (Å²) in [5, 5.41) is 0. The molecular weight excluding hydrogens is 249 g/mol. The van der Waals surface area contributed by atoms with Crippen LogP contribution in [0.1, 0.15) is 34.7 Å². The number of benzene rings is 2. The van der Waals surface area contributed by atoms with E-state index in [0.29, 0.717) is 6.42 Å². The van der Waals surface area contributed by atoms with E-state index in [-0.39, 0.29) is 5.82 Å². The standard InChI is InChI=1S/C18H22FN/c1-12-8-13(2)17(14(3)9-12)11-18(4,20)15-6-5-7-16(19)10-15/h5-10H,11,20H2,1-4H3. The van der Waals surface area contributed by atoms with Gasteiger partial charge >= 0.3 is 0 Å². The Hall–Kier alpha value is -1.67. The lowest BCUT2D eigenvalue weighted by atomic mass is 9.83. The molecule has 2 heteroatoms. The molecule has 1 unspecified atom stereocenters. The van der Waals surface area contributed by atoms with Crippen LogP contribution < -0.4 is 5.73 Å². The molecular formula is C18H22FN. The van der Waals surface area contributed by atoms with Gasteiger partial charge in [-0.3, -0.25) is 0 Å². The Morgan fingerprint density at radius 2 is 1.65 bits per heavy atom. The van der Waals surface area contributed by atoms with Crippen LogP contribution in [0.3, 0.4) is 0 Å². The van der Waals surface area contributed by atoms with Crippen molar-refractivity contribution in [1.82, 2.24) is 0 Å². The molecule has 2 N–H and O–H groups in total. The molecule has 0 saturated heterocycles. The van der Waals surface area contributed by atoms with Gasteiger partial charge in [0.15, 0.2) is 0 Å². The molecule has 106 valence electrons. The van der Waals surface area contributed by atoms with E-state index in [2.05, 4.69) is 32.9 Å². The van der Waals surface area contributed by atoms with Crippen LogP contribution >= 0.6 is 0 Å². The molecule has 0 aliphatic heterocycles. The molecule has 0 amide bonds. The zero-order chi connectivity index (χ0) is 14.9. The Bertz CT molecular complexity index is 606. The normalized spacial score (nSPS) is 14.1. The van der Waals surface area contributed by atoms with Crippen molar-refractivity contribution in [1.29, 1.82) is 0 Å². The van der Waals surface area contributed by atoms with Crippen molar-refractivity contribution in [3.8, 4) is 0 Å². The predicted molar refractivity (Wildman–Crippen MR) is 82.3 cm³/mol. The van der Waals surface area contributed by atoms with Gasteiger partial charge in [-0.2, -0.15) is 0 Å². The highest BCUT2D eigenvalue weighted by Gasteiger charge is 2.23. The highest BCUT2D eigenvalue weighted by atomic mass is 19.1. The molecule has 0 aromatic heterocycles. The fourth-order valence-electron chi connectivity index (χ4n) is 2.80. The Labute approximate surface area is 120 Å². The lowest BCUT2D eigenvalue weighted by Crippen LogP contribution is -2.36. The third-order valence-electron chi connectivity index (χ3n) is 3.87. The van der Waals surface area contributed by atoms with Gasteiger partial charge in [-0.05, 0) is 68.5 Å². The highest BCUT2D eigenvalue weighted by Crippen LogP contribution is 2.27. The summed E-state index contributed by atoms with van der Waals surface area (Å²) < 4.78 is 13.4. The van der Waals surface area contributed by atoms with Gasteiger partial charge in [-0.1, -0.05) is 29.8 Å². The van der Waals surface area contributed by atoms with Crippen molar-refractivity contribution >= 4 is 0 Å². The molecule has 0 bridgehead atoms. The number of aryl methyl sites for hydroxylation is 3. The zero-order valence-corrected chi connectivity index (χ0v) is 12.6. The van der Waals surface area contributed by atoms with Crippen LogP contribution in [-0.4, -0.2) is 0 Å². The maximum Gasteiger partial charge on any atom is 0.123 e. The third kappa shape index (κ3) is 3.07. The molecule has 2 rings (SSSR count). The Morgan fingerprint density at radius 3 is 2.20 bits per heavy atom. The Morgan fingerprint density at radius 1 is 1.05 bits per heavy atom. The van der Waals surface area contributed by atoms with Gasteiger partial charge in [0, 0.05) is 5.54 Å². The summed E-state index contributed by atoms with van der Waals surface area (Å²) in [6.07, 6.45) is 0.703. The quantitative estimate of drug-likeness (QED) is 0.891. The van der Waals surface area contributed by atoms with Crippen LogP contribution in [0, 0.1) is 26.6 Å². The van der Waals surface area contributed by atoms with E-state index in [9.17, 15) is 4.39 Å². The number of hydrogen-bond donors (Lipinski definition) is 1. The Balaban J connectivity index is 2.38. The van der Waals surface area contributed by atoms with E-state index >= 15 is 0 Å². The number of hydrogen-bond acceptors (Lipinski definition) is 1. The molecule has 0 saturated carbocycles. The summed E-state index contributed by atoms with van der Waals surface area (Å²) in [6, 6.07) is 10.9. The van der Waals surface area contributed by atoms with E-state index in [4.69, 9.17) is 5.73 Å². The SMILES string of the molecule is Cc1cc(C)c(CC(C)(N)c2cccc(F)c2)c(C)c1. The second-order valence-corrected chi connectivity index (χ2v) is 5.98. The van der Waals surface area contributed by atoms with Crippen molar-refractivity contribution in [2.24, 2.45) is 5.73 Å². The van der Waals surface area contributed by atoms with Gasteiger partial charge in [0.2, 0.25) is 0 Å². The summed E-state index contributed by atoms with van der Waals surface area (Å²) in [5.41, 5.74) is 11.7. The fraction of sp³-hybridized carbons (Fsp3) is 0.333. The highest BCUT2D eigenvalue weighted by molar-refractivity contribution is 5.40. The van der Waals surface area contributed by atoms with Gasteiger partial charge < -0.3 is 5.73 Å². The minimum absolute atomic E-state index is 0.239. The van der Waals surface area contributed by atoms with Crippen LogP contribution in [0.2, 0.25) is 0 Å². The first-order valence-electron chi connectivity index (χ1n) is 6.91. The van der Waals surface area contributed by atoms with Crippen molar-refractivity contribution in [3.63, 3.8) is 0 Å². The smallest absolute Gasteiger partial charge is 0.123 e. The van der Waals surface area contributed by atoms with E-state index < -0.39 is 5.54 Å². The van der Waals surface area contributed by atoms with Crippen LogP contribution in [0.5, 0.6) is 0 Å². The molecule has 0 radical (unpaired) electrons. The van der Waals surface area contributed by atoms with Gasteiger partial charge in [0.05, 0.1) is 0 Å². The second-order valence-electron chi connectivity index (χ2n) is 5.98. The predicted octanol–water partition coefficient (Wildman–Crippen LogP) is 4.17. The summed E-state index contributed by atoms with van der Waals surface area (Å²) in [7, 11) is 0. The van der Waals surface area contributed by atoms with Gasteiger partial charge in [-0.25, -0.2) is 4.39 Å². The first-order valence-corrected chi connectivity index (χ1v) is 6.91. The van der Waals surface area contributed by atoms with Crippen LogP contribution in [0.25, 0.3) is 0 Å². The zero-order valence-electron chi connectivity index (χ0n) is 12.6. The molecule has 2 aromatic carbocycles. The minimum Gasteiger partial charge on any atom is -0.321 e. The van der Waals surface area contributed by atoms with Gasteiger partial charge in [-0.15, -0.1) is 0 Å². The molecule has 0 aliphatic carbocycles. The maximum atomic E-state index is 13.4. The molecule has 1 atom stereocenters. The van der Waals surface area contributed by atoms with E-state index in [0.717, 1.165) is 5.56 Å². The molecule has 20 heavy (non-hydrogen) atoms. The topological polar surface area (TPSA) is 26.0 Å². The molecule has 0 spiro atoms. The summed E-state index contributed by atoms with van der Waals surface area (Å²) in [6.45, 7) is 8.27. The lowest BCUT2D eigenvalue weighted by Gasteiger charge is -2.27. The van der Waals surface area contributed by atoms with Crippen molar-refractivity contribution < 1.29 is 4.39 Å². The Kier molecular flexibility index (Phi) is 3.96. The van der Waals surface area contributed by atoms with Crippen LogP contribution in [0.4, 0.5) is 4.39 Å². The molecule has 0 fully saturated rings. The molecule has 2 aromatic rings. The van der Waals surface area contributed by atoms with Crippen molar-refractivity contribution in [3.05, 3.63) is 70.0 Å². The monoisotopic (exact) mass is 271 g/mol. The van der Waals surface area contributed by atoms with Crippen LogP contribution in [-0.2, 0) is 12.0 Å². The average molecular weight is 271 g/mol. The van der Waals surface area contributed by atoms with E-state index in [1.165, 1.54) is 34.4 Å². The largest absolute Gasteiger partial charge is 0.321 e.